The van der Waals surface area contributed by atoms with Crippen LogP contribution < -0.4 is 10.9 Å². The predicted molar refractivity (Wildman–Crippen MR) is 99.7 cm³/mol. The van der Waals surface area contributed by atoms with Gasteiger partial charge in [-0.3, -0.25) is 0 Å². The number of halogens is 10. The van der Waals surface area contributed by atoms with E-state index in [0.29, 0.717) is 0 Å². The topological polar surface area (TPSA) is 40.5 Å². The number of hydrogen-bond acceptors (Lipinski definition) is 2. The highest BCUT2D eigenvalue weighted by atomic mass is 19.2. The molecule has 0 unspecified atom stereocenters. The summed E-state index contributed by atoms with van der Waals surface area (Å²) in [7, 11) is 0. The normalized spacial score (nSPS) is 12.0. The SMILES string of the molecule is OCCCC[B-](CCCCO)(c1c(F)c(F)c(F)c(F)c1F)c1c(F)c(F)c(F)c(F)c1F. The first-order valence-corrected chi connectivity index (χ1v) is 9.92. The Kier molecular flexibility index (Phi) is 8.80. The van der Waals surface area contributed by atoms with Gasteiger partial charge in [-0.05, 0) is 12.8 Å². The second-order valence-electron chi connectivity index (χ2n) is 7.66. The monoisotopic (exact) mass is 491 g/mol. The van der Waals surface area contributed by atoms with E-state index in [0.717, 1.165) is 0 Å². The minimum absolute atomic E-state index is 0.172. The Morgan fingerprint density at radius 1 is 0.394 bits per heavy atom. The molecule has 0 heterocycles. The fraction of sp³-hybridized carbons (Fsp3) is 0.400. The molecular weight excluding hydrogens is 473 g/mol. The summed E-state index contributed by atoms with van der Waals surface area (Å²) in [6.45, 7) is -1.09. The van der Waals surface area contributed by atoms with Gasteiger partial charge in [0.2, 0.25) is 0 Å². The van der Waals surface area contributed by atoms with Gasteiger partial charge in [0.25, 0.3) is 0 Å². The van der Waals surface area contributed by atoms with E-state index < -0.39 is 101 Å². The van der Waals surface area contributed by atoms with Crippen molar-refractivity contribution >= 4 is 17.1 Å². The molecule has 2 aromatic carbocycles. The molecule has 0 radical (unpaired) electrons. The van der Waals surface area contributed by atoms with Gasteiger partial charge in [0, 0.05) is 13.2 Å². The van der Waals surface area contributed by atoms with Gasteiger partial charge in [-0.25, -0.2) is 43.9 Å². The highest BCUT2D eigenvalue weighted by molar-refractivity contribution is 7.02. The lowest BCUT2D eigenvalue weighted by molar-refractivity contribution is 0.286. The lowest BCUT2D eigenvalue weighted by Crippen LogP contribution is -2.63. The zero-order valence-electron chi connectivity index (χ0n) is 16.9. The molecule has 0 aliphatic carbocycles. The highest BCUT2D eigenvalue weighted by Crippen LogP contribution is 2.31. The Hall–Kier alpha value is -2.28. The van der Waals surface area contributed by atoms with Crippen LogP contribution in [0.5, 0.6) is 0 Å². The minimum atomic E-state index is -3.85. The van der Waals surface area contributed by atoms with Crippen molar-refractivity contribution < 1.29 is 54.1 Å². The third-order valence-corrected chi connectivity index (χ3v) is 5.80. The van der Waals surface area contributed by atoms with Crippen LogP contribution >= 0.6 is 0 Å². The molecule has 2 rings (SSSR count). The van der Waals surface area contributed by atoms with Crippen molar-refractivity contribution in [3.05, 3.63) is 58.2 Å². The van der Waals surface area contributed by atoms with E-state index in [-0.39, 0.29) is 25.7 Å². The smallest absolute Gasteiger partial charge is 0.200 e. The second kappa shape index (κ2) is 10.8. The Labute approximate surface area is 181 Å². The fourth-order valence-corrected chi connectivity index (χ4v) is 4.29. The maximum Gasteiger partial charge on any atom is 0.200 e. The first kappa shape index (κ1) is 27.0. The third kappa shape index (κ3) is 4.70. The summed E-state index contributed by atoms with van der Waals surface area (Å²) in [6.07, 6.45) is -6.42. The van der Waals surface area contributed by atoms with E-state index in [1.165, 1.54) is 0 Å². The summed E-state index contributed by atoms with van der Waals surface area (Å²) in [5.41, 5.74) is -3.41. The second-order valence-corrected chi connectivity index (χ2v) is 7.66. The Morgan fingerprint density at radius 3 is 0.879 bits per heavy atom. The minimum Gasteiger partial charge on any atom is -0.396 e. The number of hydrogen-bond donors (Lipinski definition) is 2. The molecule has 0 aliphatic heterocycles. The standard InChI is InChI=1S/C20H18BF10O2/c22-11-9(12(23)16(27)19(30)15(11)26)21(5-1-3-7-32,6-2-4-8-33)10-13(24)17(28)20(31)18(29)14(10)25/h32-33H,1-8H2/q-1. The van der Waals surface area contributed by atoms with E-state index >= 15 is 0 Å². The molecule has 0 saturated heterocycles. The quantitative estimate of drug-likeness (QED) is 0.172. The Bertz CT molecular complexity index is 891. The first-order chi connectivity index (χ1) is 15.5. The Morgan fingerprint density at radius 2 is 0.636 bits per heavy atom. The van der Waals surface area contributed by atoms with Gasteiger partial charge in [-0.2, -0.15) is 12.6 Å². The average molecular weight is 491 g/mol. The molecule has 13 heteroatoms. The van der Waals surface area contributed by atoms with Crippen molar-refractivity contribution in [3.63, 3.8) is 0 Å². The van der Waals surface area contributed by atoms with Crippen LogP contribution in [0.2, 0.25) is 12.6 Å². The molecule has 0 aliphatic rings. The molecule has 33 heavy (non-hydrogen) atoms. The zero-order valence-corrected chi connectivity index (χ0v) is 16.9. The molecule has 2 nitrogen and oxygen atoms in total. The van der Waals surface area contributed by atoms with Crippen LogP contribution in [-0.2, 0) is 0 Å². The number of benzene rings is 2. The summed E-state index contributed by atoms with van der Waals surface area (Å²) >= 11 is 0. The molecule has 2 aromatic rings. The molecule has 184 valence electrons. The van der Waals surface area contributed by atoms with E-state index in [4.69, 9.17) is 10.2 Å². The molecule has 0 saturated carbocycles. The van der Waals surface area contributed by atoms with Gasteiger partial charge < -0.3 is 10.2 Å². The van der Waals surface area contributed by atoms with E-state index in [1.807, 2.05) is 0 Å². The van der Waals surface area contributed by atoms with Crippen molar-refractivity contribution in [2.75, 3.05) is 13.2 Å². The maximum atomic E-state index is 14.8. The van der Waals surface area contributed by atoms with Crippen molar-refractivity contribution in [2.45, 2.75) is 38.3 Å². The predicted octanol–water partition coefficient (Wildman–Crippen LogP) is 4.19. The van der Waals surface area contributed by atoms with Gasteiger partial charge in [-0.1, -0.05) is 12.8 Å². The van der Waals surface area contributed by atoms with Crippen LogP contribution in [0.1, 0.15) is 25.7 Å². The van der Waals surface area contributed by atoms with E-state index in [1.54, 1.807) is 0 Å². The van der Waals surface area contributed by atoms with Gasteiger partial charge in [-0.15, -0.1) is 10.9 Å². The molecule has 2 N–H and O–H groups in total. The van der Waals surface area contributed by atoms with Gasteiger partial charge in [0.05, 0.1) is 6.15 Å². The number of aliphatic hydroxyl groups excluding tert-OH is 2. The van der Waals surface area contributed by atoms with Crippen molar-refractivity contribution in [1.82, 2.24) is 0 Å². The van der Waals surface area contributed by atoms with Gasteiger partial charge >= 0.3 is 0 Å². The van der Waals surface area contributed by atoms with Gasteiger partial charge in [0.15, 0.2) is 34.9 Å². The molecule has 0 fully saturated rings. The first-order valence-electron chi connectivity index (χ1n) is 9.92. The fourth-order valence-electron chi connectivity index (χ4n) is 4.29. The summed E-state index contributed by atoms with van der Waals surface area (Å²) in [4.78, 5) is 0. The summed E-state index contributed by atoms with van der Waals surface area (Å²) in [5, 5.41) is 18.0. The summed E-state index contributed by atoms with van der Waals surface area (Å²) < 4.78 is 143. The molecule has 0 aromatic heterocycles. The molecular formula is C20H18BF10O2-. The molecule has 0 atom stereocenters. The van der Waals surface area contributed by atoms with Crippen LogP contribution in [0.15, 0.2) is 0 Å². The van der Waals surface area contributed by atoms with Crippen LogP contribution in [0.25, 0.3) is 0 Å². The Balaban J connectivity index is 3.06. The average Bonchev–Trinajstić information content (AvgIpc) is 2.79. The van der Waals surface area contributed by atoms with Gasteiger partial charge in [0.1, 0.15) is 23.3 Å². The van der Waals surface area contributed by atoms with Crippen LogP contribution in [0, 0.1) is 58.2 Å². The lowest BCUT2D eigenvalue weighted by atomic mass is 9.14. The zero-order chi connectivity index (χ0) is 25.1. The van der Waals surface area contributed by atoms with Crippen LogP contribution in [0.4, 0.5) is 43.9 Å². The lowest BCUT2D eigenvalue weighted by Gasteiger charge is -2.43. The van der Waals surface area contributed by atoms with E-state index in [9.17, 15) is 43.9 Å². The molecule has 0 spiro atoms. The number of unbranched alkanes of at least 4 members (excludes halogenated alkanes) is 2. The van der Waals surface area contributed by atoms with Crippen LogP contribution in [-0.4, -0.2) is 29.6 Å². The maximum absolute atomic E-state index is 14.8. The third-order valence-electron chi connectivity index (χ3n) is 5.80. The van der Waals surface area contributed by atoms with Crippen LogP contribution in [0.3, 0.4) is 0 Å². The number of aliphatic hydroxyl groups is 2. The molecule has 0 amide bonds. The highest BCUT2D eigenvalue weighted by Gasteiger charge is 2.42. The van der Waals surface area contributed by atoms with Crippen molar-refractivity contribution in [3.8, 4) is 0 Å². The van der Waals surface area contributed by atoms with E-state index in [2.05, 4.69) is 0 Å². The van der Waals surface area contributed by atoms with Crippen molar-refractivity contribution in [2.24, 2.45) is 0 Å². The summed E-state index contributed by atoms with van der Waals surface area (Å²) in [5.74, 6) is -24.8. The van der Waals surface area contributed by atoms with Crippen molar-refractivity contribution in [1.29, 1.82) is 0 Å². The largest absolute Gasteiger partial charge is 0.396 e. The number of rotatable bonds is 10. The molecule has 0 bridgehead atoms. The summed E-state index contributed by atoms with van der Waals surface area (Å²) in [6, 6.07) is 0.